The van der Waals surface area contributed by atoms with Gasteiger partial charge in [0.15, 0.2) is 0 Å². The summed E-state index contributed by atoms with van der Waals surface area (Å²) in [5.41, 5.74) is -0.0376. The van der Waals surface area contributed by atoms with Crippen molar-refractivity contribution < 1.29 is 26.3 Å². The highest BCUT2D eigenvalue weighted by molar-refractivity contribution is 7.92. The number of aryl methyl sites for hydroxylation is 1. The molecule has 5 nitrogen and oxygen atoms in total. The zero-order chi connectivity index (χ0) is 20.5. The Hall–Kier alpha value is -1.97. The summed E-state index contributed by atoms with van der Waals surface area (Å²) < 4.78 is 72.6. The molecule has 0 amide bonds. The van der Waals surface area contributed by atoms with Gasteiger partial charge in [-0.2, -0.15) is 13.2 Å². The predicted molar refractivity (Wildman–Crippen MR) is 101 cm³/mol. The molecule has 0 bridgehead atoms. The van der Waals surface area contributed by atoms with E-state index in [1.165, 1.54) is 24.3 Å². The molecule has 0 aromatic heterocycles. The Morgan fingerprint density at radius 2 is 1.79 bits per heavy atom. The molecule has 1 fully saturated rings. The van der Waals surface area contributed by atoms with Crippen molar-refractivity contribution in [2.24, 2.45) is 0 Å². The van der Waals surface area contributed by atoms with E-state index in [-0.39, 0.29) is 15.6 Å². The second-order valence-corrected chi connectivity index (χ2v) is 8.44. The summed E-state index contributed by atoms with van der Waals surface area (Å²) in [4.78, 5) is 1.65. The van der Waals surface area contributed by atoms with E-state index < -0.39 is 21.8 Å². The third kappa shape index (κ3) is 4.53. The molecule has 0 aliphatic carbocycles. The third-order valence-corrected chi connectivity index (χ3v) is 6.14. The summed E-state index contributed by atoms with van der Waals surface area (Å²) in [6.45, 7) is 3.41. The van der Waals surface area contributed by atoms with Gasteiger partial charge in [0.25, 0.3) is 10.0 Å². The molecule has 2 aromatic carbocycles. The molecule has 2 aromatic rings. The smallest absolute Gasteiger partial charge is 0.378 e. The molecule has 0 atom stereocenters. The molecule has 1 aliphatic rings. The number of anilines is 2. The Bertz CT molecular complexity index is 975. The fourth-order valence-corrected chi connectivity index (χ4v) is 4.15. The van der Waals surface area contributed by atoms with Gasteiger partial charge in [0.05, 0.1) is 35.0 Å². The number of halogens is 4. The molecular weight excluding hydrogens is 417 g/mol. The van der Waals surface area contributed by atoms with Gasteiger partial charge in [-0.3, -0.25) is 4.72 Å². The Kier molecular flexibility index (Phi) is 5.79. The minimum Gasteiger partial charge on any atom is -0.378 e. The van der Waals surface area contributed by atoms with Crippen LogP contribution in [0.4, 0.5) is 24.5 Å². The Labute approximate surface area is 166 Å². The summed E-state index contributed by atoms with van der Waals surface area (Å²) >= 11 is 6.00. The fourth-order valence-electron chi connectivity index (χ4n) is 2.82. The van der Waals surface area contributed by atoms with Crippen molar-refractivity contribution in [1.82, 2.24) is 0 Å². The Balaban J connectivity index is 2.03. The number of rotatable bonds is 4. The van der Waals surface area contributed by atoms with Crippen LogP contribution in [0.3, 0.4) is 0 Å². The molecule has 0 spiro atoms. The summed E-state index contributed by atoms with van der Waals surface area (Å²) in [6, 6.07) is 7.16. The first kappa shape index (κ1) is 20.8. The highest BCUT2D eigenvalue weighted by atomic mass is 35.5. The van der Waals surface area contributed by atoms with Crippen LogP contribution < -0.4 is 9.62 Å². The minimum absolute atomic E-state index is 0.131. The lowest BCUT2D eigenvalue weighted by Crippen LogP contribution is -2.36. The molecule has 0 unspecified atom stereocenters. The molecule has 1 aliphatic heterocycles. The SMILES string of the molecule is Cc1ccc(S(=O)(=O)Nc2cc(C(F)(F)F)ccc2N2CCOCC2)cc1Cl. The monoisotopic (exact) mass is 434 g/mol. The first-order valence-electron chi connectivity index (χ1n) is 8.41. The van der Waals surface area contributed by atoms with E-state index in [0.29, 0.717) is 37.6 Å². The van der Waals surface area contributed by atoms with Gasteiger partial charge in [-0.1, -0.05) is 17.7 Å². The highest BCUT2D eigenvalue weighted by Gasteiger charge is 2.32. The Morgan fingerprint density at radius 3 is 2.39 bits per heavy atom. The topological polar surface area (TPSA) is 58.6 Å². The summed E-state index contributed by atoms with van der Waals surface area (Å²) in [7, 11) is -4.14. The molecule has 10 heteroatoms. The normalized spacial score (nSPS) is 15.5. The number of morpholine rings is 1. The maximum atomic E-state index is 13.2. The lowest BCUT2D eigenvalue weighted by Gasteiger charge is -2.31. The molecule has 0 radical (unpaired) electrons. The van der Waals surface area contributed by atoms with Gasteiger partial charge in [0.1, 0.15) is 0 Å². The fraction of sp³-hybridized carbons (Fsp3) is 0.333. The highest BCUT2D eigenvalue weighted by Crippen LogP contribution is 2.37. The second kappa shape index (κ2) is 7.81. The number of ether oxygens (including phenoxy) is 1. The van der Waals surface area contributed by atoms with Crippen LogP contribution in [0.15, 0.2) is 41.3 Å². The van der Waals surface area contributed by atoms with Crippen LogP contribution >= 0.6 is 11.6 Å². The van der Waals surface area contributed by atoms with Gasteiger partial charge < -0.3 is 9.64 Å². The minimum atomic E-state index is -4.60. The van der Waals surface area contributed by atoms with E-state index in [0.717, 1.165) is 12.1 Å². The first-order valence-corrected chi connectivity index (χ1v) is 10.3. The molecule has 1 saturated heterocycles. The molecular formula is C18H18ClF3N2O3S. The predicted octanol–water partition coefficient (Wildman–Crippen LogP) is 4.30. The average molecular weight is 435 g/mol. The number of hydrogen-bond donors (Lipinski definition) is 1. The molecule has 1 heterocycles. The maximum absolute atomic E-state index is 13.2. The third-order valence-electron chi connectivity index (χ3n) is 4.37. The van der Waals surface area contributed by atoms with Crippen LogP contribution in [-0.4, -0.2) is 34.7 Å². The van der Waals surface area contributed by atoms with Crippen molar-refractivity contribution >= 4 is 33.0 Å². The van der Waals surface area contributed by atoms with Crippen molar-refractivity contribution in [2.75, 3.05) is 35.9 Å². The van der Waals surface area contributed by atoms with Gasteiger partial charge >= 0.3 is 6.18 Å². The quantitative estimate of drug-likeness (QED) is 0.779. The number of sulfonamides is 1. The first-order chi connectivity index (χ1) is 13.1. The van der Waals surface area contributed by atoms with Crippen molar-refractivity contribution in [3.05, 3.63) is 52.5 Å². The average Bonchev–Trinajstić information content (AvgIpc) is 2.63. The van der Waals surface area contributed by atoms with E-state index in [9.17, 15) is 21.6 Å². The van der Waals surface area contributed by atoms with E-state index >= 15 is 0 Å². The second-order valence-electron chi connectivity index (χ2n) is 6.35. The van der Waals surface area contributed by atoms with Gasteiger partial charge in [0.2, 0.25) is 0 Å². The zero-order valence-electron chi connectivity index (χ0n) is 14.9. The van der Waals surface area contributed by atoms with E-state index in [2.05, 4.69) is 4.72 Å². The number of nitrogens with zero attached hydrogens (tertiary/aromatic N) is 1. The van der Waals surface area contributed by atoms with Gasteiger partial charge in [-0.25, -0.2) is 8.42 Å². The maximum Gasteiger partial charge on any atom is 0.416 e. The largest absolute Gasteiger partial charge is 0.416 e. The van der Waals surface area contributed by atoms with Crippen LogP contribution in [0.25, 0.3) is 0 Å². The molecule has 3 rings (SSSR count). The van der Waals surface area contributed by atoms with Crippen LogP contribution in [0.2, 0.25) is 5.02 Å². The van der Waals surface area contributed by atoms with E-state index in [1.54, 1.807) is 11.8 Å². The van der Waals surface area contributed by atoms with Crippen molar-refractivity contribution in [2.45, 2.75) is 18.0 Å². The summed E-state index contributed by atoms with van der Waals surface area (Å²) in [5, 5.41) is 0.250. The van der Waals surface area contributed by atoms with Crippen LogP contribution in [0.5, 0.6) is 0 Å². The van der Waals surface area contributed by atoms with Gasteiger partial charge in [0, 0.05) is 18.1 Å². The number of alkyl halides is 3. The zero-order valence-corrected chi connectivity index (χ0v) is 16.5. The molecule has 1 N–H and O–H groups in total. The molecule has 152 valence electrons. The van der Waals surface area contributed by atoms with Crippen molar-refractivity contribution in [1.29, 1.82) is 0 Å². The number of nitrogens with one attached hydrogen (secondary N) is 1. The number of benzene rings is 2. The van der Waals surface area contributed by atoms with Gasteiger partial charge in [-0.05, 0) is 42.8 Å². The van der Waals surface area contributed by atoms with Gasteiger partial charge in [-0.15, -0.1) is 0 Å². The standard InChI is InChI=1S/C18H18ClF3N2O3S/c1-12-2-4-14(11-15(12)19)28(25,26)23-16-10-13(18(20,21)22)3-5-17(16)24-6-8-27-9-7-24/h2-5,10-11,23H,6-9H2,1H3. The lowest BCUT2D eigenvalue weighted by molar-refractivity contribution is -0.137. The van der Waals surface area contributed by atoms with E-state index in [4.69, 9.17) is 16.3 Å². The Morgan fingerprint density at radius 1 is 1.11 bits per heavy atom. The van der Waals surface area contributed by atoms with Crippen molar-refractivity contribution in [3.8, 4) is 0 Å². The number of hydrogen-bond acceptors (Lipinski definition) is 4. The van der Waals surface area contributed by atoms with E-state index in [1.807, 2.05) is 0 Å². The molecule has 28 heavy (non-hydrogen) atoms. The van der Waals surface area contributed by atoms with Crippen molar-refractivity contribution in [3.63, 3.8) is 0 Å². The van der Waals surface area contributed by atoms with Crippen LogP contribution in [0, 0.1) is 6.92 Å². The summed E-state index contributed by atoms with van der Waals surface area (Å²) in [6.07, 6.45) is -4.60. The molecule has 0 saturated carbocycles. The lowest BCUT2D eigenvalue weighted by atomic mass is 10.1. The summed E-state index contributed by atoms with van der Waals surface area (Å²) in [5.74, 6) is 0. The van der Waals surface area contributed by atoms with Crippen LogP contribution in [0.1, 0.15) is 11.1 Å². The van der Waals surface area contributed by atoms with Crippen LogP contribution in [-0.2, 0) is 20.9 Å².